The van der Waals surface area contributed by atoms with Crippen LogP contribution in [-0.4, -0.2) is 31.1 Å². The van der Waals surface area contributed by atoms with Crippen molar-refractivity contribution in [1.82, 2.24) is 10.2 Å². The summed E-state index contributed by atoms with van der Waals surface area (Å²) < 4.78 is 14.5. The van der Waals surface area contributed by atoms with E-state index >= 15 is 0 Å². The van der Waals surface area contributed by atoms with Gasteiger partial charge in [-0.15, -0.1) is 23.7 Å². The molecule has 1 aromatic heterocycles. The first kappa shape index (κ1) is 16.9. The highest BCUT2D eigenvalue weighted by Gasteiger charge is 2.27. The molecule has 1 saturated heterocycles. The molecule has 0 amide bonds. The van der Waals surface area contributed by atoms with Gasteiger partial charge in [-0.2, -0.15) is 0 Å². The molecule has 1 N–H and O–H groups in total. The fourth-order valence-corrected chi connectivity index (χ4v) is 4.01. The predicted molar refractivity (Wildman–Crippen MR) is 92.0 cm³/mol. The van der Waals surface area contributed by atoms with Gasteiger partial charge in [0.25, 0.3) is 0 Å². The molecule has 1 atom stereocenters. The molecule has 6 heteroatoms. The predicted octanol–water partition coefficient (Wildman–Crippen LogP) is 4.07. The third-order valence-electron chi connectivity index (χ3n) is 3.61. The Morgan fingerprint density at radius 1 is 1.19 bits per heavy atom. The topological polar surface area (TPSA) is 15.3 Å². The van der Waals surface area contributed by atoms with Crippen molar-refractivity contribution in [1.29, 1.82) is 0 Å². The molecule has 2 heterocycles. The number of nitrogens with one attached hydrogen (secondary N) is 1. The van der Waals surface area contributed by atoms with Gasteiger partial charge < -0.3 is 5.32 Å². The average molecular weight is 392 g/mol. The van der Waals surface area contributed by atoms with Crippen LogP contribution in [0.2, 0.25) is 0 Å². The fourth-order valence-electron chi connectivity index (χ4n) is 2.65. The molecule has 21 heavy (non-hydrogen) atoms. The number of nitrogens with zero attached hydrogens (tertiary/aromatic N) is 1. The first-order chi connectivity index (χ1) is 9.77. The number of hydrogen-bond acceptors (Lipinski definition) is 3. The molecular formula is C15H17BrClFN2S. The van der Waals surface area contributed by atoms with Gasteiger partial charge in [0.05, 0.1) is 10.5 Å². The second-order valence-electron chi connectivity index (χ2n) is 4.85. The van der Waals surface area contributed by atoms with Crippen molar-refractivity contribution in [3.05, 3.63) is 56.4 Å². The van der Waals surface area contributed by atoms with Gasteiger partial charge in [0.2, 0.25) is 0 Å². The van der Waals surface area contributed by atoms with Crippen LogP contribution < -0.4 is 5.32 Å². The third kappa shape index (κ3) is 3.66. The van der Waals surface area contributed by atoms with E-state index in [0.717, 1.165) is 31.7 Å². The molecule has 1 aliphatic rings. The summed E-state index contributed by atoms with van der Waals surface area (Å²) in [5.41, 5.74) is 1.01. The van der Waals surface area contributed by atoms with Crippen molar-refractivity contribution >= 4 is 39.7 Å². The Morgan fingerprint density at radius 3 is 2.62 bits per heavy atom. The van der Waals surface area contributed by atoms with E-state index in [0.29, 0.717) is 4.47 Å². The highest BCUT2D eigenvalue weighted by Crippen LogP contribution is 2.36. The molecule has 1 aromatic carbocycles. The smallest absolute Gasteiger partial charge is 0.137 e. The Kier molecular flexibility index (Phi) is 6.20. The Balaban J connectivity index is 0.00000161. The minimum atomic E-state index is -0.195. The molecule has 3 rings (SSSR count). The maximum Gasteiger partial charge on any atom is 0.137 e. The molecule has 0 aliphatic carbocycles. The second-order valence-corrected chi connectivity index (χ2v) is 6.62. The van der Waals surface area contributed by atoms with Crippen molar-refractivity contribution in [3.63, 3.8) is 0 Å². The zero-order valence-electron chi connectivity index (χ0n) is 11.4. The quantitative estimate of drug-likeness (QED) is 0.848. The van der Waals surface area contributed by atoms with Crippen molar-refractivity contribution in [2.24, 2.45) is 0 Å². The number of piperazine rings is 1. The third-order valence-corrected chi connectivity index (χ3v) is 5.37. The van der Waals surface area contributed by atoms with Crippen LogP contribution in [0.25, 0.3) is 0 Å². The highest BCUT2D eigenvalue weighted by atomic mass is 79.9. The Morgan fingerprint density at radius 2 is 1.95 bits per heavy atom. The van der Waals surface area contributed by atoms with E-state index < -0.39 is 0 Å². The lowest BCUT2D eigenvalue weighted by Crippen LogP contribution is -2.45. The van der Waals surface area contributed by atoms with E-state index in [1.165, 1.54) is 10.9 Å². The van der Waals surface area contributed by atoms with E-state index in [2.05, 4.69) is 43.7 Å². The van der Waals surface area contributed by atoms with E-state index in [4.69, 9.17) is 0 Å². The summed E-state index contributed by atoms with van der Waals surface area (Å²) in [6, 6.07) is 9.62. The summed E-state index contributed by atoms with van der Waals surface area (Å²) in [4.78, 5) is 3.68. The SMILES string of the molecule is Cl.Fc1cccc([C@@H](c2cccs2)N2CCNCC2)c1Br. The monoisotopic (exact) mass is 390 g/mol. The number of benzene rings is 1. The zero-order valence-corrected chi connectivity index (χ0v) is 14.6. The van der Waals surface area contributed by atoms with E-state index in [9.17, 15) is 4.39 Å². The molecular weight excluding hydrogens is 375 g/mol. The van der Waals surface area contributed by atoms with E-state index in [1.807, 2.05) is 6.07 Å². The molecule has 0 spiro atoms. The van der Waals surface area contributed by atoms with Crippen LogP contribution in [0.15, 0.2) is 40.2 Å². The average Bonchev–Trinajstić information content (AvgIpc) is 2.99. The van der Waals surface area contributed by atoms with Gasteiger partial charge in [-0.3, -0.25) is 4.90 Å². The lowest BCUT2D eigenvalue weighted by Gasteiger charge is -2.35. The Bertz CT molecular complexity index is 573. The van der Waals surface area contributed by atoms with Crippen LogP contribution in [0.3, 0.4) is 0 Å². The van der Waals surface area contributed by atoms with E-state index in [-0.39, 0.29) is 24.3 Å². The van der Waals surface area contributed by atoms with Crippen LogP contribution in [0.1, 0.15) is 16.5 Å². The van der Waals surface area contributed by atoms with Crippen molar-refractivity contribution in [3.8, 4) is 0 Å². The summed E-state index contributed by atoms with van der Waals surface area (Å²) in [5, 5.41) is 5.45. The van der Waals surface area contributed by atoms with Gasteiger partial charge in [-0.05, 0) is 39.0 Å². The maximum atomic E-state index is 13.9. The minimum absolute atomic E-state index is 0. The normalized spacial score (nSPS) is 17.2. The molecule has 0 radical (unpaired) electrons. The largest absolute Gasteiger partial charge is 0.314 e. The first-order valence-corrected chi connectivity index (χ1v) is 8.36. The summed E-state index contributed by atoms with van der Waals surface area (Å²) in [6.45, 7) is 3.92. The summed E-state index contributed by atoms with van der Waals surface area (Å²) >= 11 is 5.15. The van der Waals surface area contributed by atoms with Gasteiger partial charge in [-0.1, -0.05) is 18.2 Å². The van der Waals surface area contributed by atoms with Gasteiger partial charge in [0.1, 0.15) is 5.82 Å². The number of halogens is 3. The molecule has 1 fully saturated rings. The van der Waals surface area contributed by atoms with Crippen LogP contribution in [0.5, 0.6) is 0 Å². The molecule has 0 bridgehead atoms. The number of rotatable bonds is 3. The molecule has 1 aliphatic heterocycles. The molecule has 0 unspecified atom stereocenters. The Labute approximate surface area is 142 Å². The fraction of sp³-hybridized carbons (Fsp3) is 0.333. The molecule has 2 nitrogen and oxygen atoms in total. The van der Waals surface area contributed by atoms with Gasteiger partial charge in [0.15, 0.2) is 0 Å². The van der Waals surface area contributed by atoms with Gasteiger partial charge in [-0.25, -0.2) is 4.39 Å². The lowest BCUT2D eigenvalue weighted by atomic mass is 10.0. The van der Waals surface area contributed by atoms with Crippen LogP contribution in [-0.2, 0) is 0 Å². The summed E-state index contributed by atoms with van der Waals surface area (Å²) in [6.07, 6.45) is 0. The van der Waals surface area contributed by atoms with Crippen LogP contribution in [0.4, 0.5) is 4.39 Å². The van der Waals surface area contributed by atoms with Crippen molar-refractivity contribution in [2.75, 3.05) is 26.2 Å². The second kappa shape index (κ2) is 7.70. The van der Waals surface area contributed by atoms with Gasteiger partial charge >= 0.3 is 0 Å². The van der Waals surface area contributed by atoms with E-state index in [1.54, 1.807) is 17.4 Å². The number of thiophene rings is 1. The first-order valence-electron chi connectivity index (χ1n) is 6.69. The zero-order chi connectivity index (χ0) is 13.9. The minimum Gasteiger partial charge on any atom is -0.314 e. The van der Waals surface area contributed by atoms with Gasteiger partial charge in [0, 0.05) is 31.1 Å². The number of hydrogen-bond donors (Lipinski definition) is 1. The standard InChI is InChI=1S/C15H16BrFN2S.ClH/c16-14-11(3-1-4-12(14)17)15(13-5-2-10-20-13)19-8-6-18-7-9-19;/h1-5,10,15,18H,6-9H2;1H/t15-;/m0./s1. The Hall–Kier alpha value is -0.460. The van der Waals surface area contributed by atoms with Crippen molar-refractivity contribution in [2.45, 2.75) is 6.04 Å². The van der Waals surface area contributed by atoms with Crippen LogP contribution >= 0.6 is 39.7 Å². The highest BCUT2D eigenvalue weighted by molar-refractivity contribution is 9.10. The van der Waals surface area contributed by atoms with Crippen LogP contribution in [0, 0.1) is 5.82 Å². The molecule has 2 aromatic rings. The lowest BCUT2D eigenvalue weighted by molar-refractivity contribution is 0.200. The summed E-state index contributed by atoms with van der Waals surface area (Å²) in [7, 11) is 0. The molecule has 0 saturated carbocycles. The van der Waals surface area contributed by atoms with Crippen molar-refractivity contribution < 1.29 is 4.39 Å². The maximum absolute atomic E-state index is 13.9. The summed E-state index contributed by atoms with van der Waals surface area (Å²) in [5.74, 6) is -0.195. The molecule has 114 valence electrons.